The van der Waals surface area contributed by atoms with Crippen LogP contribution >= 0.6 is 11.3 Å². The maximum Gasteiger partial charge on any atom is 0.326 e. The van der Waals surface area contributed by atoms with E-state index in [-0.39, 0.29) is 24.4 Å². The summed E-state index contributed by atoms with van der Waals surface area (Å²) >= 11 is 1.11. The number of carboxylic acid groups (broad SMARTS) is 1. The maximum atomic E-state index is 13.0. The zero-order valence-electron chi connectivity index (χ0n) is 15.5. The van der Waals surface area contributed by atoms with Gasteiger partial charge >= 0.3 is 5.97 Å². The summed E-state index contributed by atoms with van der Waals surface area (Å²) in [6.45, 7) is 5.53. The number of aryl methyl sites for hydroxylation is 3. The Hall–Kier alpha value is -2.81. The van der Waals surface area contributed by atoms with Gasteiger partial charge in [-0.3, -0.25) is 9.59 Å². The lowest BCUT2D eigenvalue weighted by molar-refractivity contribution is -0.142. The number of aromatic nitrogens is 3. The van der Waals surface area contributed by atoms with Gasteiger partial charge in [0.05, 0.1) is 17.0 Å². The van der Waals surface area contributed by atoms with Crippen LogP contribution in [0.1, 0.15) is 33.0 Å². The Balaban J connectivity index is 2.06. The molecule has 2 aromatic heterocycles. The summed E-state index contributed by atoms with van der Waals surface area (Å²) in [7, 11) is 1.57. The first kappa shape index (κ1) is 19.0. The second-order valence-electron chi connectivity index (χ2n) is 6.47. The van der Waals surface area contributed by atoms with Crippen LogP contribution in [-0.4, -0.2) is 49.2 Å². The van der Waals surface area contributed by atoms with E-state index in [0.29, 0.717) is 26.8 Å². The predicted octanol–water partition coefficient (Wildman–Crippen LogP) is 1.68. The molecular formula is C18H20N4O4S. The van der Waals surface area contributed by atoms with Gasteiger partial charge in [0, 0.05) is 13.6 Å². The highest BCUT2D eigenvalue weighted by molar-refractivity contribution is 7.17. The highest BCUT2D eigenvalue weighted by Crippen LogP contribution is 2.30. The molecule has 0 saturated heterocycles. The summed E-state index contributed by atoms with van der Waals surface area (Å²) < 4.78 is 1.26. The summed E-state index contributed by atoms with van der Waals surface area (Å²) in [5, 5.41) is 14.0. The second-order valence-corrected chi connectivity index (χ2v) is 7.47. The van der Waals surface area contributed by atoms with E-state index >= 15 is 0 Å². The number of amides is 1. The summed E-state index contributed by atoms with van der Waals surface area (Å²) in [5.74, 6) is -1.42. The normalized spacial score (nSPS) is 16.6. The highest BCUT2D eigenvalue weighted by Gasteiger charge is 2.33. The van der Waals surface area contributed by atoms with Crippen LogP contribution in [0.25, 0.3) is 10.6 Å². The molecule has 1 aliphatic rings. The van der Waals surface area contributed by atoms with Gasteiger partial charge in [0.2, 0.25) is 0 Å². The molecule has 0 saturated carbocycles. The van der Waals surface area contributed by atoms with Crippen LogP contribution in [0.2, 0.25) is 0 Å². The number of hydrogen-bond acceptors (Lipinski definition) is 6. The first-order chi connectivity index (χ1) is 12.7. The average Bonchev–Trinajstić information content (AvgIpc) is 3.01. The van der Waals surface area contributed by atoms with Crippen molar-refractivity contribution in [1.82, 2.24) is 19.7 Å². The number of carboxylic acids is 1. The van der Waals surface area contributed by atoms with E-state index in [9.17, 15) is 19.5 Å². The third-order valence-electron chi connectivity index (χ3n) is 4.68. The standard InChI is InChI=1S/C18H20N4O4S/c1-9-10(2)20-21(4)16(23)13(9)15-19-11(3)14(27-15)17(24)22-8-6-5-7-12(22)18(25)26/h5-6,12H,7-8H2,1-4H3,(H,25,26). The number of carbonyl (C=O) groups excluding carboxylic acids is 1. The van der Waals surface area contributed by atoms with Gasteiger partial charge in [-0.15, -0.1) is 11.3 Å². The minimum absolute atomic E-state index is 0.234. The molecule has 1 unspecified atom stereocenters. The van der Waals surface area contributed by atoms with Crippen LogP contribution in [0.5, 0.6) is 0 Å². The van der Waals surface area contributed by atoms with Crippen molar-refractivity contribution in [3.8, 4) is 10.6 Å². The fourth-order valence-electron chi connectivity index (χ4n) is 3.06. The Morgan fingerprint density at radius 3 is 2.59 bits per heavy atom. The van der Waals surface area contributed by atoms with Crippen molar-refractivity contribution in [1.29, 1.82) is 0 Å². The smallest absolute Gasteiger partial charge is 0.326 e. The highest BCUT2D eigenvalue weighted by atomic mass is 32.1. The maximum absolute atomic E-state index is 13.0. The number of carbonyl (C=O) groups is 2. The fourth-order valence-corrected chi connectivity index (χ4v) is 4.18. The van der Waals surface area contributed by atoms with Crippen LogP contribution in [0.3, 0.4) is 0 Å². The molecule has 0 aliphatic carbocycles. The van der Waals surface area contributed by atoms with Crippen LogP contribution in [0.15, 0.2) is 16.9 Å². The van der Waals surface area contributed by atoms with E-state index in [1.165, 1.54) is 9.58 Å². The van der Waals surface area contributed by atoms with Crippen LogP contribution < -0.4 is 5.56 Å². The minimum atomic E-state index is -1.04. The third kappa shape index (κ3) is 3.30. The average molecular weight is 388 g/mol. The molecule has 0 spiro atoms. The summed E-state index contributed by atoms with van der Waals surface area (Å²) in [4.78, 5) is 43.1. The molecule has 0 radical (unpaired) electrons. The Morgan fingerprint density at radius 1 is 1.22 bits per heavy atom. The summed E-state index contributed by atoms with van der Waals surface area (Å²) in [6, 6.07) is -0.898. The summed E-state index contributed by atoms with van der Waals surface area (Å²) in [5.41, 5.74) is 2.05. The van der Waals surface area contributed by atoms with Gasteiger partial charge in [-0.25, -0.2) is 14.5 Å². The minimum Gasteiger partial charge on any atom is -0.480 e. The van der Waals surface area contributed by atoms with Gasteiger partial charge < -0.3 is 10.0 Å². The van der Waals surface area contributed by atoms with Gasteiger partial charge in [0.25, 0.3) is 11.5 Å². The number of rotatable bonds is 3. The molecular weight excluding hydrogens is 368 g/mol. The van der Waals surface area contributed by atoms with Crippen molar-refractivity contribution in [2.75, 3.05) is 6.54 Å². The lowest BCUT2D eigenvalue weighted by Crippen LogP contribution is -2.46. The second kappa shape index (κ2) is 7.07. The molecule has 3 heterocycles. The Bertz CT molecular complexity index is 1020. The van der Waals surface area contributed by atoms with Crippen LogP contribution in [0.4, 0.5) is 0 Å². The molecule has 27 heavy (non-hydrogen) atoms. The first-order valence-corrected chi connectivity index (χ1v) is 9.25. The zero-order chi connectivity index (χ0) is 19.9. The lowest BCUT2D eigenvalue weighted by atomic mass is 10.1. The topological polar surface area (TPSA) is 105 Å². The van der Waals surface area contributed by atoms with E-state index in [0.717, 1.165) is 16.9 Å². The Morgan fingerprint density at radius 2 is 1.93 bits per heavy atom. The van der Waals surface area contributed by atoms with E-state index in [4.69, 9.17) is 0 Å². The summed E-state index contributed by atoms with van der Waals surface area (Å²) in [6.07, 6.45) is 3.82. The fraction of sp³-hybridized carbons (Fsp3) is 0.389. The molecule has 9 heteroatoms. The molecule has 142 valence electrons. The number of aliphatic carboxylic acids is 1. The van der Waals surface area contributed by atoms with Crippen LogP contribution in [-0.2, 0) is 11.8 Å². The molecule has 1 N–H and O–H groups in total. The van der Waals surface area contributed by atoms with Crippen molar-refractivity contribution in [2.45, 2.75) is 33.2 Å². The monoisotopic (exact) mass is 388 g/mol. The van der Waals surface area contributed by atoms with Crippen molar-refractivity contribution < 1.29 is 14.7 Å². The largest absolute Gasteiger partial charge is 0.480 e. The molecule has 2 aromatic rings. The molecule has 1 amide bonds. The number of nitrogens with zero attached hydrogens (tertiary/aromatic N) is 4. The Labute approximate surface area is 159 Å². The van der Waals surface area contributed by atoms with E-state index in [2.05, 4.69) is 10.1 Å². The van der Waals surface area contributed by atoms with Gasteiger partial charge in [-0.1, -0.05) is 12.2 Å². The number of thiazole rings is 1. The van der Waals surface area contributed by atoms with E-state index < -0.39 is 12.0 Å². The molecule has 3 rings (SSSR count). The van der Waals surface area contributed by atoms with Crippen molar-refractivity contribution in [3.63, 3.8) is 0 Å². The SMILES string of the molecule is Cc1nc(-c2c(C)c(C)nn(C)c2=O)sc1C(=O)N1CC=CCC1C(=O)O. The van der Waals surface area contributed by atoms with Crippen LogP contribution in [0, 0.1) is 20.8 Å². The Kier molecular flexibility index (Phi) is 4.97. The van der Waals surface area contributed by atoms with Gasteiger partial charge in [-0.05, 0) is 32.8 Å². The lowest BCUT2D eigenvalue weighted by Gasteiger charge is -2.29. The van der Waals surface area contributed by atoms with E-state index in [1.54, 1.807) is 33.0 Å². The van der Waals surface area contributed by atoms with Crippen molar-refractivity contribution in [3.05, 3.63) is 44.3 Å². The van der Waals surface area contributed by atoms with Crippen molar-refractivity contribution in [2.24, 2.45) is 7.05 Å². The first-order valence-electron chi connectivity index (χ1n) is 8.43. The third-order valence-corrected chi connectivity index (χ3v) is 5.84. The number of hydrogen-bond donors (Lipinski definition) is 1. The molecule has 0 bridgehead atoms. The molecule has 8 nitrogen and oxygen atoms in total. The van der Waals surface area contributed by atoms with Gasteiger partial charge in [0.1, 0.15) is 15.9 Å². The molecule has 0 aromatic carbocycles. The molecule has 1 atom stereocenters. The van der Waals surface area contributed by atoms with E-state index in [1.807, 2.05) is 6.92 Å². The van der Waals surface area contributed by atoms with Crippen molar-refractivity contribution >= 4 is 23.2 Å². The van der Waals surface area contributed by atoms with Gasteiger partial charge in [-0.2, -0.15) is 5.10 Å². The van der Waals surface area contributed by atoms with Gasteiger partial charge in [0.15, 0.2) is 0 Å². The zero-order valence-corrected chi connectivity index (χ0v) is 16.3. The molecule has 1 aliphatic heterocycles. The quantitative estimate of drug-likeness (QED) is 0.802. The predicted molar refractivity (Wildman–Crippen MR) is 101 cm³/mol. The molecule has 0 fully saturated rings.